The van der Waals surface area contributed by atoms with Gasteiger partial charge in [-0.15, -0.1) is 0 Å². The van der Waals surface area contributed by atoms with E-state index < -0.39 is 0 Å². The van der Waals surface area contributed by atoms with E-state index >= 15 is 0 Å². The average molecular weight is 475 g/mol. The maximum absolute atomic E-state index is 12.6. The summed E-state index contributed by atoms with van der Waals surface area (Å²) in [5.41, 5.74) is 6.96. The number of benzene rings is 2. The van der Waals surface area contributed by atoms with Gasteiger partial charge in [-0.05, 0) is 54.8 Å². The molecule has 2 aromatic heterocycles. The van der Waals surface area contributed by atoms with Gasteiger partial charge in [0.05, 0.1) is 36.4 Å². The summed E-state index contributed by atoms with van der Waals surface area (Å²) in [4.78, 5) is 30.0. The van der Waals surface area contributed by atoms with Gasteiger partial charge >= 0.3 is 0 Å². The maximum atomic E-state index is 12.6. The quantitative estimate of drug-likeness (QED) is 0.370. The van der Waals surface area contributed by atoms with Gasteiger partial charge in [0.15, 0.2) is 0 Å². The molecule has 0 aliphatic rings. The van der Waals surface area contributed by atoms with Gasteiger partial charge in [0, 0.05) is 36.4 Å². The Balaban J connectivity index is 0.00000108. The number of fused-ring (bicyclic) bond motifs is 1. The predicted molar refractivity (Wildman–Crippen MR) is 135 cm³/mol. The predicted octanol–water partition coefficient (Wildman–Crippen LogP) is 4.25. The van der Waals surface area contributed by atoms with Gasteiger partial charge < -0.3 is 19.7 Å². The number of nitrogens with zero attached hydrogens (tertiary/aromatic N) is 3. The molecule has 0 saturated carbocycles. The van der Waals surface area contributed by atoms with Crippen molar-refractivity contribution in [2.75, 3.05) is 13.7 Å². The molecule has 0 unspecified atom stereocenters. The zero-order chi connectivity index (χ0) is 25.2. The molecular formula is C27H30N4O4. The van der Waals surface area contributed by atoms with Crippen LogP contribution >= 0.6 is 0 Å². The van der Waals surface area contributed by atoms with Crippen LogP contribution in [0.15, 0.2) is 61.1 Å². The number of nitrogens with one attached hydrogen (secondary N) is 1. The molecule has 0 bridgehead atoms. The van der Waals surface area contributed by atoms with Gasteiger partial charge in [0.25, 0.3) is 12.4 Å². The second-order valence-corrected chi connectivity index (χ2v) is 7.97. The molecule has 8 heteroatoms. The summed E-state index contributed by atoms with van der Waals surface area (Å²) in [6.45, 7) is 5.74. The molecule has 0 atom stereocenters. The number of ether oxygens (including phenoxy) is 1. The minimum atomic E-state index is -0.250. The Bertz CT molecular complexity index is 1280. The molecule has 8 nitrogen and oxygen atoms in total. The summed E-state index contributed by atoms with van der Waals surface area (Å²) in [5.74, 6) is -0.120. The fourth-order valence-electron chi connectivity index (χ4n) is 3.76. The number of hydrogen-bond acceptors (Lipinski definition) is 5. The number of methoxy groups -OCH3 is 1. The number of carbonyl (C=O) groups is 2. The van der Waals surface area contributed by atoms with Crippen molar-refractivity contribution in [3.05, 3.63) is 83.4 Å². The first-order valence-electron chi connectivity index (χ1n) is 11.3. The van der Waals surface area contributed by atoms with Crippen LogP contribution in [0.1, 0.15) is 34.1 Å². The average Bonchev–Trinajstić information content (AvgIpc) is 3.33. The minimum Gasteiger partial charge on any atom is -0.483 e. The van der Waals surface area contributed by atoms with Gasteiger partial charge in [0.2, 0.25) is 0 Å². The van der Waals surface area contributed by atoms with E-state index in [0.717, 1.165) is 28.9 Å². The standard InChI is InChI=1S/C26H28N4O2.CH2O2/c1-4-19-5-10-24-23(14-19)18(2)13-25(29-24)20-6-8-21(9-7-20)26(31)28-16-22-15-27-17-30(22)11-12-32-3;2-1-3/h5-10,13-15,17H,4,11-12,16H2,1-3H3,(H,28,31);1H,(H,2,3). The Morgan fingerprint density at radius 3 is 2.60 bits per heavy atom. The lowest BCUT2D eigenvalue weighted by Crippen LogP contribution is -2.24. The van der Waals surface area contributed by atoms with Gasteiger partial charge in [-0.3, -0.25) is 9.59 Å². The van der Waals surface area contributed by atoms with Crippen LogP contribution in [0.5, 0.6) is 0 Å². The molecule has 0 aliphatic carbocycles. The molecule has 0 aliphatic heterocycles. The van der Waals surface area contributed by atoms with E-state index in [2.05, 4.69) is 48.4 Å². The molecule has 2 aromatic carbocycles. The van der Waals surface area contributed by atoms with Crippen molar-refractivity contribution in [1.29, 1.82) is 0 Å². The number of pyridine rings is 1. The molecule has 182 valence electrons. The topological polar surface area (TPSA) is 106 Å². The Kier molecular flexibility index (Phi) is 9.09. The van der Waals surface area contributed by atoms with Crippen LogP contribution in [0.2, 0.25) is 0 Å². The number of aryl methyl sites for hydroxylation is 2. The van der Waals surface area contributed by atoms with E-state index in [1.165, 1.54) is 16.5 Å². The van der Waals surface area contributed by atoms with Gasteiger partial charge in [-0.1, -0.05) is 25.1 Å². The van der Waals surface area contributed by atoms with E-state index in [1.807, 2.05) is 28.8 Å². The Hall–Kier alpha value is -4.04. The van der Waals surface area contributed by atoms with Gasteiger partial charge in [-0.25, -0.2) is 9.97 Å². The zero-order valence-electron chi connectivity index (χ0n) is 20.2. The van der Waals surface area contributed by atoms with Crippen LogP contribution in [-0.2, 0) is 29.0 Å². The number of hydrogen-bond donors (Lipinski definition) is 2. The Morgan fingerprint density at radius 2 is 1.91 bits per heavy atom. The van der Waals surface area contributed by atoms with Gasteiger partial charge in [-0.2, -0.15) is 0 Å². The van der Waals surface area contributed by atoms with Crippen molar-refractivity contribution in [1.82, 2.24) is 19.9 Å². The summed E-state index contributed by atoms with van der Waals surface area (Å²) in [7, 11) is 1.67. The third-order valence-electron chi connectivity index (χ3n) is 5.70. The highest BCUT2D eigenvalue weighted by molar-refractivity contribution is 5.94. The molecule has 0 radical (unpaired) electrons. The Morgan fingerprint density at radius 1 is 1.17 bits per heavy atom. The van der Waals surface area contributed by atoms with E-state index in [1.54, 1.807) is 19.6 Å². The fourth-order valence-corrected chi connectivity index (χ4v) is 3.76. The van der Waals surface area contributed by atoms with E-state index in [9.17, 15) is 4.79 Å². The summed E-state index contributed by atoms with van der Waals surface area (Å²) in [6.07, 6.45) is 4.52. The second kappa shape index (κ2) is 12.4. The van der Waals surface area contributed by atoms with Crippen LogP contribution in [0.25, 0.3) is 22.2 Å². The smallest absolute Gasteiger partial charge is 0.290 e. The van der Waals surface area contributed by atoms with Crippen LogP contribution in [0, 0.1) is 6.92 Å². The normalized spacial score (nSPS) is 10.5. The number of carbonyl (C=O) groups excluding carboxylic acids is 1. The lowest BCUT2D eigenvalue weighted by molar-refractivity contribution is -0.122. The molecule has 0 spiro atoms. The third kappa shape index (κ3) is 6.51. The summed E-state index contributed by atoms with van der Waals surface area (Å²) in [6, 6.07) is 16.1. The van der Waals surface area contributed by atoms with Crippen LogP contribution in [-0.4, -0.2) is 45.7 Å². The monoisotopic (exact) mass is 474 g/mol. The van der Waals surface area contributed by atoms with Crippen molar-refractivity contribution in [3.8, 4) is 11.3 Å². The van der Waals surface area contributed by atoms with Crippen molar-refractivity contribution >= 4 is 23.3 Å². The lowest BCUT2D eigenvalue weighted by atomic mass is 10.0. The largest absolute Gasteiger partial charge is 0.483 e. The SMILES string of the molecule is CCc1ccc2nc(-c3ccc(C(=O)NCc4cncn4CCOC)cc3)cc(C)c2c1.O=CO. The molecule has 1 amide bonds. The van der Waals surface area contributed by atoms with Crippen LogP contribution in [0.4, 0.5) is 0 Å². The molecule has 2 heterocycles. The second-order valence-electron chi connectivity index (χ2n) is 7.97. The first kappa shape index (κ1) is 25.6. The van der Waals surface area contributed by atoms with E-state index in [4.69, 9.17) is 19.6 Å². The summed E-state index contributed by atoms with van der Waals surface area (Å²) < 4.78 is 7.09. The Labute approximate surface area is 204 Å². The molecule has 0 fully saturated rings. The first-order valence-corrected chi connectivity index (χ1v) is 11.3. The number of imidazole rings is 1. The fraction of sp³-hybridized carbons (Fsp3) is 0.259. The highest BCUT2D eigenvalue weighted by Gasteiger charge is 2.10. The molecular weight excluding hydrogens is 444 g/mol. The highest BCUT2D eigenvalue weighted by atomic mass is 16.5. The maximum Gasteiger partial charge on any atom is 0.290 e. The highest BCUT2D eigenvalue weighted by Crippen LogP contribution is 2.25. The van der Waals surface area contributed by atoms with Crippen LogP contribution < -0.4 is 5.32 Å². The minimum absolute atomic E-state index is 0.120. The van der Waals surface area contributed by atoms with Crippen molar-refractivity contribution in [2.24, 2.45) is 0 Å². The molecule has 35 heavy (non-hydrogen) atoms. The molecule has 4 rings (SSSR count). The van der Waals surface area contributed by atoms with Crippen molar-refractivity contribution in [3.63, 3.8) is 0 Å². The molecule has 0 saturated heterocycles. The summed E-state index contributed by atoms with van der Waals surface area (Å²) >= 11 is 0. The molecule has 2 N–H and O–H groups in total. The third-order valence-corrected chi connectivity index (χ3v) is 5.70. The zero-order valence-corrected chi connectivity index (χ0v) is 20.2. The number of amides is 1. The lowest BCUT2D eigenvalue weighted by Gasteiger charge is -2.10. The van der Waals surface area contributed by atoms with Crippen LogP contribution in [0.3, 0.4) is 0 Å². The first-order chi connectivity index (χ1) is 17.0. The van der Waals surface area contributed by atoms with Crippen molar-refractivity contribution in [2.45, 2.75) is 33.4 Å². The number of rotatable bonds is 8. The number of aromatic nitrogens is 3. The van der Waals surface area contributed by atoms with Crippen molar-refractivity contribution < 1.29 is 19.4 Å². The van der Waals surface area contributed by atoms with E-state index in [-0.39, 0.29) is 12.4 Å². The summed E-state index contributed by atoms with van der Waals surface area (Å²) in [5, 5.41) is 11.0. The van der Waals surface area contributed by atoms with Gasteiger partial charge in [0.1, 0.15) is 0 Å². The molecule has 4 aromatic rings. The van der Waals surface area contributed by atoms with E-state index in [0.29, 0.717) is 25.3 Å². The number of carboxylic acid groups (broad SMARTS) is 1.